The lowest BCUT2D eigenvalue weighted by Gasteiger charge is -2.47. The quantitative estimate of drug-likeness (QED) is 0.244. The molecular formula is C33H28NOP. The molecule has 1 aromatic heterocycles. The van der Waals surface area contributed by atoms with E-state index in [1.807, 2.05) is 24.3 Å². The first-order chi connectivity index (χ1) is 17.2. The van der Waals surface area contributed by atoms with Gasteiger partial charge in [-0.05, 0) is 46.5 Å². The highest BCUT2D eigenvalue weighted by Gasteiger charge is 2.52. The Morgan fingerprint density at radius 3 is 1.75 bits per heavy atom. The molecular weight excluding hydrogens is 457 g/mol. The largest absolute Gasteiger partial charge is 0.309 e. The molecule has 0 saturated heterocycles. The Kier molecular flexibility index (Phi) is 4.27. The van der Waals surface area contributed by atoms with Crippen molar-refractivity contribution in [1.29, 1.82) is 0 Å². The van der Waals surface area contributed by atoms with Crippen LogP contribution in [0.2, 0.25) is 0 Å². The highest BCUT2D eigenvalue weighted by Crippen LogP contribution is 2.59. The lowest BCUT2D eigenvalue weighted by Crippen LogP contribution is -2.50. The van der Waals surface area contributed by atoms with Gasteiger partial charge in [-0.2, -0.15) is 0 Å². The predicted molar refractivity (Wildman–Crippen MR) is 151 cm³/mol. The summed E-state index contributed by atoms with van der Waals surface area (Å²) in [4.78, 5) is 5.04. The summed E-state index contributed by atoms with van der Waals surface area (Å²) in [5, 5.41) is 4.15. The van der Waals surface area contributed by atoms with Crippen LogP contribution in [0.3, 0.4) is 0 Å². The second-order valence-electron chi connectivity index (χ2n) is 11.2. The molecule has 36 heavy (non-hydrogen) atoms. The second kappa shape index (κ2) is 7.05. The van der Waals surface area contributed by atoms with Crippen molar-refractivity contribution in [3.63, 3.8) is 0 Å². The standard InChI is InChI=1S/C33H28NOP/c1-32(2)23-12-6-9-15-29(23)36(35)30-16-10-7-13-24(30)33(3,4)26-20-22(19-25(32)31(26)36)28-18-17-21-11-5-8-14-27(21)34-28/h5-20H,1-4H3. The Hall–Kier alpha value is -3.48. The van der Waals surface area contributed by atoms with Gasteiger partial charge in [0.05, 0.1) is 11.2 Å². The third-order valence-corrected chi connectivity index (χ3v) is 11.7. The molecule has 0 fully saturated rings. The Balaban J connectivity index is 1.62. The van der Waals surface area contributed by atoms with Crippen molar-refractivity contribution in [2.45, 2.75) is 38.5 Å². The van der Waals surface area contributed by atoms with Crippen LogP contribution in [0.25, 0.3) is 22.2 Å². The molecule has 2 nitrogen and oxygen atoms in total. The van der Waals surface area contributed by atoms with E-state index in [9.17, 15) is 0 Å². The van der Waals surface area contributed by atoms with Crippen molar-refractivity contribution in [3.05, 3.63) is 119 Å². The Labute approximate surface area is 212 Å². The third-order valence-electron chi connectivity index (χ3n) is 8.50. The van der Waals surface area contributed by atoms with Gasteiger partial charge < -0.3 is 4.57 Å². The molecule has 3 heterocycles. The zero-order valence-corrected chi connectivity index (χ0v) is 21.9. The maximum atomic E-state index is 15.5. The van der Waals surface area contributed by atoms with E-state index >= 15 is 4.57 Å². The van der Waals surface area contributed by atoms with E-state index in [1.165, 1.54) is 0 Å². The van der Waals surface area contributed by atoms with E-state index in [4.69, 9.17) is 4.98 Å². The van der Waals surface area contributed by atoms with Crippen LogP contribution in [0.4, 0.5) is 0 Å². The topological polar surface area (TPSA) is 30.0 Å². The van der Waals surface area contributed by atoms with Crippen LogP contribution in [-0.4, -0.2) is 4.98 Å². The SMILES string of the molecule is CC1(C)c2ccccc2P2(=O)c3ccccc3C(C)(C)c3cc(-c4ccc5ccccc5n4)cc1c32. The van der Waals surface area contributed by atoms with Gasteiger partial charge in [0.1, 0.15) is 0 Å². The van der Waals surface area contributed by atoms with Crippen LogP contribution in [0.15, 0.2) is 97.1 Å². The van der Waals surface area contributed by atoms with E-state index in [2.05, 4.69) is 100 Å². The number of rotatable bonds is 1. The highest BCUT2D eigenvalue weighted by atomic mass is 31.2. The zero-order chi connectivity index (χ0) is 24.9. The van der Waals surface area contributed by atoms with Gasteiger partial charge in [-0.15, -0.1) is 0 Å². The number of para-hydroxylation sites is 1. The van der Waals surface area contributed by atoms with Crippen molar-refractivity contribution in [2.24, 2.45) is 0 Å². The number of benzene rings is 4. The number of hydrogen-bond donors (Lipinski definition) is 0. The molecule has 0 saturated carbocycles. The van der Waals surface area contributed by atoms with E-state index in [0.29, 0.717) is 0 Å². The zero-order valence-electron chi connectivity index (χ0n) is 21.0. The fourth-order valence-electron chi connectivity index (χ4n) is 6.52. The number of fused-ring (bicyclic) bond motifs is 5. The van der Waals surface area contributed by atoms with Crippen molar-refractivity contribution in [2.75, 3.05) is 0 Å². The molecule has 0 radical (unpaired) electrons. The van der Waals surface area contributed by atoms with Crippen LogP contribution >= 0.6 is 7.14 Å². The Bertz CT molecular complexity index is 1690. The first-order valence-electron chi connectivity index (χ1n) is 12.6. The van der Waals surface area contributed by atoms with Crippen molar-refractivity contribution >= 4 is 34.0 Å². The number of hydrogen-bond acceptors (Lipinski definition) is 2. The molecule has 0 spiro atoms. The van der Waals surface area contributed by atoms with Gasteiger partial charge in [-0.25, -0.2) is 4.98 Å². The molecule has 3 heteroatoms. The molecule has 0 bridgehead atoms. The molecule has 0 amide bonds. The third kappa shape index (κ3) is 2.63. The first-order valence-corrected chi connectivity index (χ1v) is 14.3. The number of aromatic nitrogens is 1. The molecule has 7 rings (SSSR count). The molecule has 2 aliphatic rings. The Morgan fingerprint density at radius 1 is 0.611 bits per heavy atom. The van der Waals surface area contributed by atoms with Crippen molar-refractivity contribution in [1.82, 2.24) is 4.98 Å². The molecule has 5 aromatic rings. The first kappa shape index (κ1) is 21.8. The van der Waals surface area contributed by atoms with Gasteiger partial charge in [0.2, 0.25) is 0 Å². The summed E-state index contributed by atoms with van der Waals surface area (Å²) in [6, 6.07) is 33.8. The Morgan fingerprint density at radius 2 is 1.14 bits per heavy atom. The molecule has 0 N–H and O–H groups in total. The van der Waals surface area contributed by atoms with Crippen molar-refractivity contribution in [3.8, 4) is 11.3 Å². The normalized spacial score (nSPS) is 17.7. The second-order valence-corrected chi connectivity index (χ2v) is 13.8. The van der Waals surface area contributed by atoms with Gasteiger partial charge in [0, 0.05) is 37.7 Å². The number of pyridine rings is 1. The van der Waals surface area contributed by atoms with Gasteiger partial charge in [0.25, 0.3) is 0 Å². The van der Waals surface area contributed by atoms with E-state index in [0.717, 1.165) is 60.3 Å². The molecule has 0 atom stereocenters. The number of nitrogens with zero attached hydrogens (tertiary/aromatic N) is 1. The average molecular weight is 486 g/mol. The minimum absolute atomic E-state index is 0.288. The summed E-state index contributed by atoms with van der Waals surface area (Å²) >= 11 is 0. The van der Waals surface area contributed by atoms with Crippen LogP contribution < -0.4 is 15.9 Å². The monoisotopic (exact) mass is 485 g/mol. The van der Waals surface area contributed by atoms with Crippen molar-refractivity contribution < 1.29 is 4.57 Å². The van der Waals surface area contributed by atoms with E-state index < -0.39 is 7.14 Å². The minimum atomic E-state index is -3.05. The van der Waals surface area contributed by atoms with Crippen LogP contribution in [0, 0.1) is 0 Å². The molecule has 2 aliphatic heterocycles. The molecule has 4 aromatic carbocycles. The summed E-state index contributed by atoms with van der Waals surface area (Å²) in [6.07, 6.45) is 0. The lowest BCUT2D eigenvalue weighted by atomic mass is 9.71. The van der Waals surface area contributed by atoms with Crippen LogP contribution in [0.5, 0.6) is 0 Å². The summed E-state index contributed by atoms with van der Waals surface area (Å²) in [5.41, 5.74) is 7.08. The lowest BCUT2D eigenvalue weighted by molar-refractivity contribution is 0.577. The molecule has 0 unspecified atom stereocenters. The maximum absolute atomic E-state index is 15.5. The van der Waals surface area contributed by atoms with Crippen LogP contribution in [-0.2, 0) is 15.4 Å². The van der Waals surface area contributed by atoms with Gasteiger partial charge in [-0.1, -0.05) is 100 Å². The van der Waals surface area contributed by atoms with Crippen LogP contribution in [0.1, 0.15) is 49.9 Å². The fourth-order valence-corrected chi connectivity index (χ4v) is 10.6. The predicted octanol–water partition coefficient (Wildman–Crippen LogP) is 6.82. The van der Waals surface area contributed by atoms with E-state index in [1.54, 1.807) is 0 Å². The molecule has 176 valence electrons. The maximum Gasteiger partial charge on any atom is 0.172 e. The minimum Gasteiger partial charge on any atom is -0.309 e. The summed E-state index contributed by atoms with van der Waals surface area (Å²) in [7, 11) is -3.05. The van der Waals surface area contributed by atoms with Gasteiger partial charge in [-0.3, -0.25) is 0 Å². The summed E-state index contributed by atoms with van der Waals surface area (Å²) < 4.78 is 15.5. The summed E-state index contributed by atoms with van der Waals surface area (Å²) in [5.74, 6) is 0. The smallest absolute Gasteiger partial charge is 0.172 e. The fraction of sp³-hybridized carbons (Fsp3) is 0.182. The molecule has 0 aliphatic carbocycles. The highest BCUT2D eigenvalue weighted by molar-refractivity contribution is 7.86. The average Bonchev–Trinajstić information content (AvgIpc) is 2.90. The van der Waals surface area contributed by atoms with E-state index in [-0.39, 0.29) is 10.8 Å². The summed E-state index contributed by atoms with van der Waals surface area (Å²) in [6.45, 7) is 9.10. The van der Waals surface area contributed by atoms with Gasteiger partial charge >= 0.3 is 0 Å². The van der Waals surface area contributed by atoms with Gasteiger partial charge in [0.15, 0.2) is 7.14 Å².